The van der Waals surface area contributed by atoms with Gasteiger partial charge < -0.3 is 15.2 Å². The third-order valence-electron chi connectivity index (χ3n) is 2.33. The second-order valence-corrected chi connectivity index (χ2v) is 3.65. The summed E-state index contributed by atoms with van der Waals surface area (Å²) >= 11 is 6.07. The molecule has 0 aromatic heterocycles. The summed E-state index contributed by atoms with van der Waals surface area (Å²) in [7, 11) is 0. The fourth-order valence-corrected chi connectivity index (χ4v) is 1.73. The molecule has 0 saturated carbocycles. The van der Waals surface area contributed by atoms with Crippen LogP contribution < -0.4 is 15.2 Å². The van der Waals surface area contributed by atoms with Gasteiger partial charge in [0.15, 0.2) is 11.5 Å². The van der Waals surface area contributed by atoms with Crippen LogP contribution in [0.1, 0.15) is 24.9 Å². The quantitative estimate of drug-likeness (QED) is 0.821. The summed E-state index contributed by atoms with van der Waals surface area (Å²) in [6, 6.07) is 3.57. The molecular formula is C10H12ClNO2. The molecule has 2 N–H and O–H groups in total. The average molecular weight is 214 g/mol. The molecule has 0 saturated heterocycles. The number of nitrogens with two attached hydrogens (primary N) is 1. The Kier molecular flexibility index (Phi) is 2.52. The highest BCUT2D eigenvalue weighted by atomic mass is 35.5. The Balaban J connectivity index is 2.42. The summed E-state index contributed by atoms with van der Waals surface area (Å²) in [5, 5.41) is 0.642. The number of ether oxygens (including phenoxy) is 2. The van der Waals surface area contributed by atoms with Gasteiger partial charge in [-0.1, -0.05) is 18.5 Å². The summed E-state index contributed by atoms with van der Waals surface area (Å²) in [6.45, 7) is 2.28. The van der Waals surface area contributed by atoms with Gasteiger partial charge >= 0.3 is 0 Å². The van der Waals surface area contributed by atoms with Crippen LogP contribution in [-0.2, 0) is 0 Å². The molecule has 1 aromatic carbocycles. The number of hydrogen-bond acceptors (Lipinski definition) is 3. The van der Waals surface area contributed by atoms with E-state index in [1.165, 1.54) is 0 Å². The monoisotopic (exact) mass is 213 g/mol. The Morgan fingerprint density at radius 1 is 1.43 bits per heavy atom. The van der Waals surface area contributed by atoms with E-state index in [4.69, 9.17) is 26.8 Å². The Bertz CT molecular complexity index is 354. The highest BCUT2D eigenvalue weighted by Gasteiger charge is 2.18. The minimum Gasteiger partial charge on any atom is -0.454 e. The molecule has 0 aliphatic carbocycles. The molecule has 1 heterocycles. The first kappa shape index (κ1) is 9.62. The molecule has 0 spiro atoms. The summed E-state index contributed by atoms with van der Waals surface area (Å²) in [6.07, 6.45) is 0.847. The minimum atomic E-state index is -0.0444. The lowest BCUT2D eigenvalue weighted by Gasteiger charge is -2.11. The maximum Gasteiger partial charge on any atom is 0.231 e. The van der Waals surface area contributed by atoms with Crippen LogP contribution in [0.5, 0.6) is 11.5 Å². The van der Waals surface area contributed by atoms with E-state index < -0.39 is 0 Å². The summed E-state index contributed by atoms with van der Waals surface area (Å²) in [4.78, 5) is 0. The predicted molar refractivity (Wildman–Crippen MR) is 54.8 cm³/mol. The van der Waals surface area contributed by atoms with Gasteiger partial charge in [0.2, 0.25) is 6.79 Å². The molecule has 0 amide bonds. The first-order valence-corrected chi connectivity index (χ1v) is 4.94. The van der Waals surface area contributed by atoms with Crippen molar-refractivity contribution in [1.82, 2.24) is 0 Å². The van der Waals surface area contributed by atoms with Crippen molar-refractivity contribution in [2.24, 2.45) is 5.73 Å². The van der Waals surface area contributed by atoms with E-state index in [1.807, 2.05) is 13.0 Å². The number of halogens is 1. The van der Waals surface area contributed by atoms with E-state index in [0.717, 1.165) is 17.7 Å². The van der Waals surface area contributed by atoms with Crippen molar-refractivity contribution in [3.63, 3.8) is 0 Å². The van der Waals surface area contributed by atoms with Crippen LogP contribution in [0.3, 0.4) is 0 Å². The highest BCUT2D eigenvalue weighted by molar-refractivity contribution is 6.31. The van der Waals surface area contributed by atoms with E-state index in [0.29, 0.717) is 10.8 Å². The SMILES string of the molecule is CC[C@H](N)c1cc2c(cc1Cl)OCO2. The summed E-state index contributed by atoms with van der Waals surface area (Å²) in [5.41, 5.74) is 6.82. The normalized spacial score (nSPS) is 15.6. The van der Waals surface area contributed by atoms with Gasteiger partial charge in [0.1, 0.15) is 0 Å². The first-order chi connectivity index (χ1) is 6.72. The lowest BCUT2D eigenvalue weighted by Crippen LogP contribution is -2.09. The van der Waals surface area contributed by atoms with Crippen molar-refractivity contribution in [3.8, 4) is 11.5 Å². The molecule has 0 radical (unpaired) electrons. The van der Waals surface area contributed by atoms with Crippen LogP contribution in [0.15, 0.2) is 12.1 Å². The third-order valence-corrected chi connectivity index (χ3v) is 2.66. The fraction of sp³-hybridized carbons (Fsp3) is 0.400. The topological polar surface area (TPSA) is 44.5 Å². The van der Waals surface area contributed by atoms with E-state index in [2.05, 4.69) is 0 Å². The number of hydrogen-bond donors (Lipinski definition) is 1. The second kappa shape index (κ2) is 3.67. The van der Waals surface area contributed by atoms with Crippen molar-refractivity contribution < 1.29 is 9.47 Å². The Morgan fingerprint density at radius 3 is 2.71 bits per heavy atom. The molecule has 3 nitrogen and oxygen atoms in total. The summed E-state index contributed by atoms with van der Waals surface area (Å²) in [5.74, 6) is 1.43. The van der Waals surface area contributed by atoms with Gasteiger partial charge in [-0.15, -0.1) is 0 Å². The van der Waals surface area contributed by atoms with Gasteiger partial charge in [-0.05, 0) is 18.1 Å². The zero-order valence-electron chi connectivity index (χ0n) is 7.92. The third kappa shape index (κ3) is 1.53. The molecule has 0 fully saturated rings. The van der Waals surface area contributed by atoms with Crippen molar-refractivity contribution >= 4 is 11.6 Å². The van der Waals surface area contributed by atoms with Crippen LogP contribution in [0.4, 0.5) is 0 Å². The van der Waals surface area contributed by atoms with Crippen molar-refractivity contribution in [2.75, 3.05) is 6.79 Å². The van der Waals surface area contributed by atoms with Crippen molar-refractivity contribution in [2.45, 2.75) is 19.4 Å². The molecule has 0 unspecified atom stereocenters. The predicted octanol–water partition coefficient (Wildman–Crippen LogP) is 2.48. The standard InChI is InChI=1S/C10H12ClNO2/c1-2-8(12)6-3-9-10(4-7(6)11)14-5-13-9/h3-4,8H,2,5,12H2,1H3/t8-/m0/s1. The molecule has 1 aromatic rings. The minimum absolute atomic E-state index is 0.0444. The number of fused-ring (bicyclic) bond motifs is 1. The van der Waals surface area contributed by atoms with Crippen LogP contribution in [-0.4, -0.2) is 6.79 Å². The number of rotatable bonds is 2. The van der Waals surface area contributed by atoms with E-state index in [-0.39, 0.29) is 12.8 Å². The zero-order chi connectivity index (χ0) is 10.1. The fourth-order valence-electron chi connectivity index (χ4n) is 1.44. The zero-order valence-corrected chi connectivity index (χ0v) is 8.67. The highest BCUT2D eigenvalue weighted by Crippen LogP contribution is 2.38. The number of benzene rings is 1. The maximum absolute atomic E-state index is 6.07. The van der Waals surface area contributed by atoms with Crippen LogP contribution in [0.2, 0.25) is 5.02 Å². The maximum atomic E-state index is 6.07. The second-order valence-electron chi connectivity index (χ2n) is 3.24. The van der Waals surface area contributed by atoms with Gasteiger partial charge in [-0.25, -0.2) is 0 Å². The van der Waals surface area contributed by atoms with Crippen molar-refractivity contribution in [3.05, 3.63) is 22.7 Å². The molecule has 1 aliphatic heterocycles. The van der Waals surface area contributed by atoms with Gasteiger partial charge in [0.25, 0.3) is 0 Å². The van der Waals surface area contributed by atoms with Gasteiger partial charge in [-0.3, -0.25) is 0 Å². The van der Waals surface area contributed by atoms with Gasteiger partial charge in [-0.2, -0.15) is 0 Å². The first-order valence-electron chi connectivity index (χ1n) is 4.57. The molecule has 0 bridgehead atoms. The Hall–Kier alpha value is -0.930. The average Bonchev–Trinajstić information content (AvgIpc) is 2.62. The van der Waals surface area contributed by atoms with Gasteiger partial charge in [0.05, 0.1) is 0 Å². The van der Waals surface area contributed by atoms with E-state index >= 15 is 0 Å². The lowest BCUT2D eigenvalue weighted by atomic mass is 10.0. The van der Waals surface area contributed by atoms with Crippen LogP contribution >= 0.6 is 11.6 Å². The van der Waals surface area contributed by atoms with E-state index in [9.17, 15) is 0 Å². The molecule has 14 heavy (non-hydrogen) atoms. The van der Waals surface area contributed by atoms with Crippen LogP contribution in [0, 0.1) is 0 Å². The molecule has 1 atom stereocenters. The van der Waals surface area contributed by atoms with E-state index in [1.54, 1.807) is 6.07 Å². The van der Waals surface area contributed by atoms with Gasteiger partial charge in [0, 0.05) is 17.1 Å². The van der Waals surface area contributed by atoms with Crippen molar-refractivity contribution in [1.29, 1.82) is 0 Å². The Morgan fingerprint density at radius 2 is 2.07 bits per heavy atom. The summed E-state index contributed by atoms with van der Waals surface area (Å²) < 4.78 is 10.5. The molecule has 1 aliphatic rings. The molecule has 2 rings (SSSR count). The Labute approximate surface area is 87.8 Å². The molecule has 4 heteroatoms. The smallest absolute Gasteiger partial charge is 0.231 e. The van der Waals surface area contributed by atoms with Crippen LogP contribution in [0.25, 0.3) is 0 Å². The molecule has 76 valence electrons. The largest absolute Gasteiger partial charge is 0.454 e. The lowest BCUT2D eigenvalue weighted by molar-refractivity contribution is 0.174. The molecular weight excluding hydrogens is 202 g/mol.